The molecule has 1 aromatic carbocycles. The van der Waals surface area contributed by atoms with E-state index in [0.29, 0.717) is 0 Å². The summed E-state index contributed by atoms with van der Waals surface area (Å²) < 4.78 is 7.16. The van der Waals surface area contributed by atoms with Crippen molar-refractivity contribution < 1.29 is 9.53 Å². The summed E-state index contributed by atoms with van der Waals surface area (Å²) in [4.78, 5) is 17.3. The maximum atomic E-state index is 12.8. The summed E-state index contributed by atoms with van der Waals surface area (Å²) in [5, 5.41) is 3.19. The van der Waals surface area contributed by atoms with E-state index in [4.69, 9.17) is 10.5 Å². The molecule has 1 aliphatic rings. The molecule has 6 heteroatoms. The van der Waals surface area contributed by atoms with Gasteiger partial charge < -0.3 is 20.4 Å². The third-order valence-electron chi connectivity index (χ3n) is 4.94. The largest absolute Gasteiger partial charge is 0.497 e. The number of aryl methyl sites for hydroxylation is 1. The zero-order valence-corrected chi connectivity index (χ0v) is 14.8. The van der Waals surface area contributed by atoms with Gasteiger partial charge in [-0.15, -0.1) is 0 Å². The molecule has 0 radical (unpaired) electrons. The van der Waals surface area contributed by atoms with Crippen LogP contribution in [0.4, 0.5) is 0 Å². The van der Waals surface area contributed by atoms with Crippen molar-refractivity contribution in [3.8, 4) is 5.75 Å². The highest BCUT2D eigenvalue weighted by molar-refractivity contribution is 5.79. The van der Waals surface area contributed by atoms with Crippen LogP contribution in [0.5, 0.6) is 5.75 Å². The monoisotopic (exact) mass is 342 g/mol. The lowest BCUT2D eigenvalue weighted by Gasteiger charge is -2.28. The highest BCUT2D eigenvalue weighted by Gasteiger charge is 2.29. The first-order chi connectivity index (χ1) is 12.1. The Kier molecular flexibility index (Phi) is 5.38. The zero-order chi connectivity index (χ0) is 17.8. The number of methoxy groups -OCH3 is 1. The van der Waals surface area contributed by atoms with Crippen molar-refractivity contribution in [2.45, 2.75) is 37.8 Å². The van der Waals surface area contributed by atoms with Gasteiger partial charge in [0.15, 0.2) is 0 Å². The number of carbonyl (C=O) groups excluding carboxylic acids is 1. The molecule has 0 bridgehead atoms. The lowest BCUT2D eigenvalue weighted by molar-refractivity contribution is -0.126. The Morgan fingerprint density at radius 3 is 2.72 bits per heavy atom. The second-order valence-corrected chi connectivity index (χ2v) is 6.73. The van der Waals surface area contributed by atoms with Crippen LogP contribution in [0.15, 0.2) is 36.7 Å². The number of hydrogen-bond donors (Lipinski definition) is 2. The molecule has 25 heavy (non-hydrogen) atoms. The van der Waals surface area contributed by atoms with Gasteiger partial charge in [-0.05, 0) is 37.0 Å². The number of nitrogens with zero attached hydrogens (tertiary/aromatic N) is 2. The van der Waals surface area contributed by atoms with Gasteiger partial charge in [-0.1, -0.05) is 18.6 Å². The fraction of sp³-hybridized carbons (Fsp3) is 0.474. The molecule has 1 heterocycles. The zero-order valence-electron chi connectivity index (χ0n) is 14.8. The Bertz CT molecular complexity index is 710. The predicted octanol–water partition coefficient (Wildman–Crippen LogP) is 2.15. The topological polar surface area (TPSA) is 82.2 Å². The van der Waals surface area contributed by atoms with Gasteiger partial charge in [-0.2, -0.15) is 0 Å². The quantitative estimate of drug-likeness (QED) is 0.872. The predicted molar refractivity (Wildman–Crippen MR) is 96.1 cm³/mol. The van der Waals surface area contributed by atoms with Gasteiger partial charge in [-0.3, -0.25) is 4.79 Å². The van der Waals surface area contributed by atoms with Crippen LogP contribution in [0.2, 0.25) is 0 Å². The smallest absolute Gasteiger partial charge is 0.224 e. The number of ether oxygens (including phenoxy) is 1. The maximum absolute atomic E-state index is 12.8. The molecule has 0 saturated heterocycles. The molecule has 1 fully saturated rings. The first kappa shape index (κ1) is 17.5. The molecular formula is C19H26N4O2. The van der Waals surface area contributed by atoms with E-state index in [0.717, 1.165) is 42.8 Å². The van der Waals surface area contributed by atoms with Gasteiger partial charge in [-0.25, -0.2) is 4.98 Å². The van der Waals surface area contributed by atoms with Gasteiger partial charge in [0.05, 0.1) is 7.11 Å². The SMILES string of the molecule is COc1ccc(C(NC(=O)C2CCCC(N)C2)c2nccn2C)cc1. The first-order valence-corrected chi connectivity index (χ1v) is 8.75. The van der Waals surface area contributed by atoms with Crippen LogP contribution in [0.3, 0.4) is 0 Å². The molecule has 1 amide bonds. The van der Waals surface area contributed by atoms with Crippen LogP contribution in [0.1, 0.15) is 43.1 Å². The van der Waals surface area contributed by atoms with Gasteiger partial charge in [0, 0.05) is 31.4 Å². The highest BCUT2D eigenvalue weighted by atomic mass is 16.5. The molecule has 2 aromatic rings. The summed E-state index contributed by atoms with van der Waals surface area (Å²) in [6.45, 7) is 0. The van der Waals surface area contributed by atoms with E-state index >= 15 is 0 Å². The van der Waals surface area contributed by atoms with Gasteiger partial charge in [0.2, 0.25) is 5.91 Å². The fourth-order valence-electron chi connectivity index (χ4n) is 3.47. The third-order valence-corrected chi connectivity index (χ3v) is 4.94. The van der Waals surface area contributed by atoms with E-state index in [-0.39, 0.29) is 23.9 Å². The molecular weight excluding hydrogens is 316 g/mol. The number of hydrogen-bond acceptors (Lipinski definition) is 4. The number of carbonyl (C=O) groups is 1. The normalized spacial score (nSPS) is 21.6. The van der Waals surface area contributed by atoms with Crippen LogP contribution in [0.25, 0.3) is 0 Å². The van der Waals surface area contributed by atoms with Crippen molar-refractivity contribution in [2.24, 2.45) is 18.7 Å². The maximum Gasteiger partial charge on any atom is 0.224 e. The lowest BCUT2D eigenvalue weighted by Crippen LogP contribution is -2.40. The van der Waals surface area contributed by atoms with Crippen LogP contribution in [-0.4, -0.2) is 28.6 Å². The van der Waals surface area contributed by atoms with Crippen molar-refractivity contribution in [3.63, 3.8) is 0 Å². The summed E-state index contributed by atoms with van der Waals surface area (Å²) >= 11 is 0. The average molecular weight is 342 g/mol. The molecule has 1 aromatic heterocycles. The molecule has 1 aliphatic carbocycles. The Hall–Kier alpha value is -2.34. The van der Waals surface area contributed by atoms with Crippen LogP contribution >= 0.6 is 0 Å². The fourth-order valence-corrected chi connectivity index (χ4v) is 3.47. The minimum absolute atomic E-state index is 0.0234. The van der Waals surface area contributed by atoms with Crippen molar-refractivity contribution in [1.29, 1.82) is 0 Å². The number of amides is 1. The van der Waals surface area contributed by atoms with E-state index in [9.17, 15) is 4.79 Å². The summed E-state index contributed by atoms with van der Waals surface area (Å²) in [5.74, 6) is 1.62. The summed E-state index contributed by atoms with van der Waals surface area (Å²) in [6.07, 6.45) is 7.29. The Balaban J connectivity index is 1.83. The van der Waals surface area contributed by atoms with Gasteiger partial charge in [0.1, 0.15) is 17.6 Å². The minimum Gasteiger partial charge on any atom is -0.497 e. The van der Waals surface area contributed by atoms with Crippen LogP contribution in [0, 0.1) is 5.92 Å². The Morgan fingerprint density at radius 1 is 1.36 bits per heavy atom. The van der Waals surface area contributed by atoms with Crippen molar-refractivity contribution >= 4 is 5.91 Å². The lowest BCUT2D eigenvalue weighted by atomic mass is 9.85. The number of aromatic nitrogens is 2. The number of nitrogens with two attached hydrogens (primary N) is 1. The van der Waals surface area contributed by atoms with Crippen molar-refractivity contribution in [1.82, 2.24) is 14.9 Å². The molecule has 1 saturated carbocycles. The number of benzene rings is 1. The van der Waals surface area contributed by atoms with E-state index in [1.165, 1.54) is 0 Å². The molecule has 3 atom stereocenters. The second-order valence-electron chi connectivity index (χ2n) is 6.73. The average Bonchev–Trinajstić information content (AvgIpc) is 3.05. The number of rotatable bonds is 5. The molecule has 0 aliphatic heterocycles. The molecule has 6 nitrogen and oxygen atoms in total. The minimum atomic E-state index is -0.295. The van der Waals surface area contributed by atoms with Crippen LogP contribution < -0.4 is 15.8 Å². The molecule has 3 unspecified atom stereocenters. The molecule has 3 N–H and O–H groups in total. The first-order valence-electron chi connectivity index (χ1n) is 8.75. The second kappa shape index (κ2) is 7.70. The summed E-state index contributed by atoms with van der Waals surface area (Å²) in [5.41, 5.74) is 7.02. The highest BCUT2D eigenvalue weighted by Crippen LogP contribution is 2.27. The van der Waals surface area contributed by atoms with E-state index < -0.39 is 0 Å². The van der Waals surface area contributed by atoms with Crippen molar-refractivity contribution in [3.05, 3.63) is 48.0 Å². The standard InChI is InChI=1S/C19H26N4O2/c1-23-11-10-21-18(23)17(13-6-8-16(25-2)9-7-13)22-19(24)14-4-3-5-15(20)12-14/h6-11,14-15,17H,3-5,12,20H2,1-2H3,(H,22,24). The third kappa shape index (κ3) is 4.02. The van der Waals surface area contributed by atoms with Gasteiger partial charge in [0.25, 0.3) is 0 Å². The molecule has 3 rings (SSSR count). The Morgan fingerprint density at radius 2 is 2.12 bits per heavy atom. The van der Waals surface area contributed by atoms with Crippen molar-refractivity contribution in [2.75, 3.05) is 7.11 Å². The molecule has 134 valence electrons. The van der Waals surface area contributed by atoms with E-state index in [1.807, 2.05) is 42.1 Å². The van der Waals surface area contributed by atoms with E-state index in [2.05, 4.69) is 10.3 Å². The summed E-state index contributed by atoms with van der Waals surface area (Å²) in [7, 11) is 3.57. The number of nitrogens with one attached hydrogen (secondary N) is 1. The van der Waals surface area contributed by atoms with Crippen LogP contribution in [-0.2, 0) is 11.8 Å². The molecule has 0 spiro atoms. The van der Waals surface area contributed by atoms with Gasteiger partial charge >= 0.3 is 0 Å². The number of imidazole rings is 1. The van der Waals surface area contributed by atoms with E-state index in [1.54, 1.807) is 13.3 Å². The summed E-state index contributed by atoms with van der Waals surface area (Å²) in [6, 6.07) is 7.55. The Labute approximate surface area is 148 Å².